The van der Waals surface area contributed by atoms with Gasteiger partial charge in [0.25, 0.3) is 5.91 Å². The van der Waals surface area contributed by atoms with Crippen LogP contribution in [0.3, 0.4) is 0 Å². The second-order valence-corrected chi connectivity index (χ2v) is 8.52. The SMILES string of the molecule is CCN(CC)CCCN1C(=O)c2oc3ccc(Cl)cc3c(=O)c2[C@H]1c1ccc(Cl)cc1. The van der Waals surface area contributed by atoms with Crippen molar-refractivity contribution >= 4 is 40.1 Å². The van der Waals surface area contributed by atoms with Crippen LogP contribution in [0, 0.1) is 0 Å². The predicted molar refractivity (Wildman–Crippen MR) is 124 cm³/mol. The second-order valence-electron chi connectivity index (χ2n) is 7.65. The van der Waals surface area contributed by atoms with Crippen LogP contribution in [0.15, 0.2) is 51.7 Å². The summed E-state index contributed by atoms with van der Waals surface area (Å²) in [6.45, 7) is 7.55. The molecule has 0 saturated heterocycles. The van der Waals surface area contributed by atoms with Gasteiger partial charge in [-0.1, -0.05) is 49.2 Å². The molecule has 0 unspecified atom stereocenters. The molecule has 1 aliphatic rings. The molecular weight excluding hydrogens is 435 g/mol. The summed E-state index contributed by atoms with van der Waals surface area (Å²) < 4.78 is 5.94. The summed E-state index contributed by atoms with van der Waals surface area (Å²) in [7, 11) is 0. The molecule has 1 amide bonds. The molecule has 3 aromatic rings. The van der Waals surface area contributed by atoms with Crippen molar-refractivity contribution in [1.29, 1.82) is 0 Å². The van der Waals surface area contributed by atoms with E-state index >= 15 is 0 Å². The third-order valence-corrected chi connectivity index (χ3v) is 6.37. The van der Waals surface area contributed by atoms with Gasteiger partial charge in [-0.3, -0.25) is 9.59 Å². The molecule has 0 bridgehead atoms. The highest BCUT2D eigenvalue weighted by atomic mass is 35.5. The van der Waals surface area contributed by atoms with Gasteiger partial charge in [-0.05, 0) is 62.0 Å². The van der Waals surface area contributed by atoms with Crippen molar-refractivity contribution in [2.45, 2.75) is 26.3 Å². The number of amides is 1. The number of benzene rings is 2. The van der Waals surface area contributed by atoms with E-state index in [0.29, 0.717) is 33.1 Å². The number of fused-ring (bicyclic) bond motifs is 2. The molecule has 0 saturated carbocycles. The van der Waals surface area contributed by atoms with E-state index < -0.39 is 6.04 Å². The first-order valence-corrected chi connectivity index (χ1v) is 11.2. The smallest absolute Gasteiger partial charge is 0.290 e. The second kappa shape index (κ2) is 9.03. The van der Waals surface area contributed by atoms with Gasteiger partial charge >= 0.3 is 0 Å². The molecule has 5 nitrogen and oxygen atoms in total. The molecule has 0 fully saturated rings. The Balaban J connectivity index is 1.80. The fourth-order valence-electron chi connectivity index (χ4n) is 4.22. The molecular formula is C24H24Cl2N2O3. The van der Waals surface area contributed by atoms with E-state index in [1.165, 1.54) is 0 Å². The van der Waals surface area contributed by atoms with Gasteiger partial charge < -0.3 is 14.2 Å². The minimum atomic E-state index is -0.517. The molecule has 0 aliphatic carbocycles. The molecule has 0 radical (unpaired) electrons. The van der Waals surface area contributed by atoms with Crippen molar-refractivity contribution < 1.29 is 9.21 Å². The molecule has 2 aromatic carbocycles. The maximum atomic E-state index is 13.5. The van der Waals surface area contributed by atoms with Crippen molar-refractivity contribution in [2.24, 2.45) is 0 Å². The monoisotopic (exact) mass is 458 g/mol. The van der Waals surface area contributed by atoms with E-state index in [1.54, 1.807) is 35.2 Å². The predicted octanol–water partition coefficient (Wildman–Crippen LogP) is 5.38. The molecule has 1 aliphatic heterocycles. The summed E-state index contributed by atoms with van der Waals surface area (Å²) in [4.78, 5) is 30.9. The van der Waals surface area contributed by atoms with Crippen LogP contribution in [0.5, 0.6) is 0 Å². The van der Waals surface area contributed by atoms with Crippen LogP contribution >= 0.6 is 23.2 Å². The lowest BCUT2D eigenvalue weighted by Crippen LogP contribution is -2.33. The van der Waals surface area contributed by atoms with Crippen molar-refractivity contribution in [2.75, 3.05) is 26.2 Å². The fourth-order valence-corrected chi connectivity index (χ4v) is 4.52. The van der Waals surface area contributed by atoms with Crippen LogP contribution in [0.25, 0.3) is 11.0 Å². The van der Waals surface area contributed by atoms with E-state index in [0.717, 1.165) is 31.6 Å². The molecule has 1 aromatic heterocycles. The lowest BCUT2D eigenvalue weighted by Gasteiger charge is -2.26. The Morgan fingerprint density at radius 2 is 1.68 bits per heavy atom. The van der Waals surface area contributed by atoms with E-state index in [4.69, 9.17) is 27.6 Å². The number of halogens is 2. The number of rotatable bonds is 7. The number of hydrogen-bond acceptors (Lipinski definition) is 4. The highest BCUT2D eigenvalue weighted by molar-refractivity contribution is 6.31. The van der Waals surface area contributed by atoms with Crippen LogP contribution in [-0.2, 0) is 0 Å². The molecule has 0 spiro atoms. The van der Waals surface area contributed by atoms with Gasteiger partial charge in [0.05, 0.1) is 17.0 Å². The van der Waals surface area contributed by atoms with Crippen molar-refractivity contribution in [3.8, 4) is 0 Å². The van der Waals surface area contributed by atoms with E-state index in [9.17, 15) is 9.59 Å². The standard InChI is InChI=1S/C24H24Cl2N2O3/c1-3-27(4-2)12-5-13-28-21(15-6-8-16(25)9-7-15)20-22(29)18-14-17(26)10-11-19(18)31-23(20)24(28)30/h6-11,14,21H,3-5,12-13H2,1-2H3/t21-/m1/s1. The molecule has 4 rings (SSSR count). The number of carbonyl (C=O) groups is 1. The molecule has 2 heterocycles. The van der Waals surface area contributed by atoms with Gasteiger partial charge in [0.15, 0.2) is 5.43 Å². The summed E-state index contributed by atoms with van der Waals surface area (Å²) >= 11 is 12.2. The fraction of sp³-hybridized carbons (Fsp3) is 0.333. The van der Waals surface area contributed by atoms with E-state index in [-0.39, 0.29) is 17.1 Å². The van der Waals surface area contributed by atoms with Crippen LogP contribution in [0.2, 0.25) is 10.0 Å². The Morgan fingerprint density at radius 1 is 1.00 bits per heavy atom. The van der Waals surface area contributed by atoms with Crippen molar-refractivity contribution in [3.63, 3.8) is 0 Å². The first kappa shape index (κ1) is 21.9. The van der Waals surface area contributed by atoms with Crippen LogP contribution in [0.4, 0.5) is 0 Å². The Bertz CT molecular complexity index is 1170. The lowest BCUT2D eigenvalue weighted by molar-refractivity contribution is 0.0720. The Morgan fingerprint density at radius 3 is 2.35 bits per heavy atom. The van der Waals surface area contributed by atoms with Gasteiger partial charge in [-0.25, -0.2) is 0 Å². The maximum absolute atomic E-state index is 13.5. The molecule has 7 heteroatoms. The Labute approximate surface area is 191 Å². The summed E-state index contributed by atoms with van der Waals surface area (Å²) in [5, 5.41) is 1.42. The zero-order valence-corrected chi connectivity index (χ0v) is 19.0. The largest absolute Gasteiger partial charge is 0.450 e. The van der Waals surface area contributed by atoms with Gasteiger partial charge in [0.2, 0.25) is 5.76 Å². The third-order valence-electron chi connectivity index (χ3n) is 5.88. The van der Waals surface area contributed by atoms with Crippen molar-refractivity contribution in [1.82, 2.24) is 9.80 Å². The number of nitrogens with zero attached hydrogens (tertiary/aromatic N) is 2. The molecule has 162 valence electrons. The molecule has 0 N–H and O–H groups in total. The number of hydrogen-bond donors (Lipinski definition) is 0. The molecule has 31 heavy (non-hydrogen) atoms. The Hall–Kier alpha value is -2.34. The lowest BCUT2D eigenvalue weighted by atomic mass is 9.98. The zero-order chi connectivity index (χ0) is 22.1. The van der Waals surface area contributed by atoms with Crippen molar-refractivity contribution in [3.05, 3.63) is 79.6 Å². The minimum absolute atomic E-state index is 0.114. The van der Waals surface area contributed by atoms with Crippen LogP contribution < -0.4 is 5.43 Å². The van der Waals surface area contributed by atoms with Gasteiger partial charge in [0.1, 0.15) is 5.58 Å². The first-order chi connectivity index (χ1) is 14.9. The summed E-state index contributed by atoms with van der Waals surface area (Å²) in [5.41, 5.74) is 1.33. The maximum Gasteiger partial charge on any atom is 0.290 e. The van der Waals surface area contributed by atoms with E-state index in [1.807, 2.05) is 12.1 Å². The quantitative estimate of drug-likeness (QED) is 0.476. The van der Waals surface area contributed by atoms with E-state index in [2.05, 4.69) is 18.7 Å². The van der Waals surface area contributed by atoms with Crippen LogP contribution in [0.1, 0.15) is 48.0 Å². The third kappa shape index (κ3) is 4.10. The average Bonchev–Trinajstić information content (AvgIpc) is 3.04. The van der Waals surface area contributed by atoms with Gasteiger partial charge in [-0.15, -0.1) is 0 Å². The summed E-state index contributed by atoms with van der Waals surface area (Å²) in [6, 6.07) is 11.6. The summed E-state index contributed by atoms with van der Waals surface area (Å²) in [6.07, 6.45) is 0.797. The minimum Gasteiger partial charge on any atom is -0.450 e. The summed E-state index contributed by atoms with van der Waals surface area (Å²) in [5.74, 6) is -0.147. The number of carbonyl (C=O) groups excluding carboxylic acids is 1. The van der Waals surface area contributed by atoms with Gasteiger partial charge in [0, 0.05) is 16.6 Å². The highest BCUT2D eigenvalue weighted by Crippen LogP contribution is 2.38. The highest BCUT2D eigenvalue weighted by Gasteiger charge is 2.42. The topological polar surface area (TPSA) is 53.8 Å². The normalized spacial score (nSPS) is 15.8. The molecule has 1 atom stereocenters. The Kier molecular flexibility index (Phi) is 6.37. The average molecular weight is 459 g/mol. The zero-order valence-electron chi connectivity index (χ0n) is 17.5. The van der Waals surface area contributed by atoms with Crippen LogP contribution in [-0.4, -0.2) is 41.9 Å². The van der Waals surface area contributed by atoms with Gasteiger partial charge in [-0.2, -0.15) is 0 Å². The first-order valence-electron chi connectivity index (χ1n) is 10.5.